The topological polar surface area (TPSA) is 20.2 Å². The van der Waals surface area contributed by atoms with Crippen LogP contribution in [-0.2, 0) is 6.42 Å². The summed E-state index contributed by atoms with van der Waals surface area (Å²) >= 11 is 9.21. The Hall–Kier alpha value is 0.300. The van der Waals surface area contributed by atoms with Gasteiger partial charge in [0.2, 0.25) is 0 Å². The summed E-state index contributed by atoms with van der Waals surface area (Å²) < 4.78 is 0.798. The molecule has 2 unspecified atom stereocenters. The standard InChI is InChI=1S/C11H17ClOS2/c1-3-8(2)14-7-9(13)6-10-4-5-11(12)15-10/h4-5,8-9,13H,3,6-7H2,1-2H3. The lowest BCUT2D eigenvalue weighted by atomic mass is 10.2. The first-order chi connectivity index (χ1) is 7.11. The lowest BCUT2D eigenvalue weighted by molar-refractivity contribution is 0.201. The Balaban J connectivity index is 2.27. The molecule has 0 bridgehead atoms. The van der Waals surface area contributed by atoms with Gasteiger partial charge in [-0.3, -0.25) is 0 Å². The molecule has 0 saturated carbocycles. The lowest BCUT2D eigenvalue weighted by Crippen LogP contribution is -2.14. The fraction of sp³-hybridized carbons (Fsp3) is 0.636. The van der Waals surface area contributed by atoms with Crippen LogP contribution >= 0.6 is 34.7 Å². The Bertz CT molecular complexity index is 288. The number of thioether (sulfide) groups is 1. The molecule has 15 heavy (non-hydrogen) atoms. The summed E-state index contributed by atoms with van der Waals surface area (Å²) in [6.45, 7) is 4.36. The summed E-state index contributed by atoms with van der Waals surface area (Å²) in [5, 5.41) is 10.4. The van der Waals surface area contributed by atoms with E-state index in [1.54, 1.807) is 11.3 Å². The van der Waals surface area contributed by atoms with Crippen molar-refractivity contribution in [3.05, 3.63) is 21.3 Å². The largest absolute Gasteiger partial charge is 0.392 e. The molecule has 0 saturated heterocycles. The second kappa shape index (κ2) is 6.79. The van der Waals surface area contributed by atoms with Gasteiger partial charge in [-0.15, -0.1) is 11.3 Å². The molecule has 0 fully saturated rings. The van der Waals surface area contributed by atoms with E-state index >= 15 is 0 Å². The molecular weight excluding hydrogens is 248 g/mol. The summed E-state index contributed by atoms with van der Waals surface area (Å²) in [6, 6.07) is 3.88. The van der Waals surface area contributed by atoms with E-state index in [4.69, 9.17) is 11.6 Å². The Morgan fingerprint density at radius 3 is 2.80 bits per heavy atom. The minimum absolute atomic E-state index is 0.251. The van der Waals surface area contributed by atoms with Crippen molar-refractivity contribution in [1.29, 1.82) is 0 Å². The van der Waals surface area contributed by atoms with Crippen molar-refractivity contribution < 1.29 is 5.11 Å². The zero-order valence-corrected chi connectivity index (χ0v) is 11.5. The average Bonchev–Trinajstić information content (AvgIpc) is 2.60. The van der Waals surface area contributed by atoms with Crippen molar-refractivity contribution in [2.24, 2.45) is 0 Å². The first-order valence-corrected chi connectivity index (χ1v) is 7.40. The molecule has 0 aliphatic carbocycles. The van der Waals surface area contributed by atoms with Gasteiger partial charge in [0.1, 0.15) is 0 Å². The summed E-state index contributed by atoms with van der Waals surface area (Å²) in [4.78, 5) is 1.16. The van der Waals surface area contributed by atoms with Crippen molar-refractivity contribution >= 4 is 34.7 Å². The summed E-state index contributed by atoms with van der Waals surface area (Å²) in [5.41, 5.74) is 0. The molecule has 86 valence electrons. The highest BCUT2D eigenvalue weighted by atomic mass is 35.5. The molecule has 1 rings (SSSR count). The molecule has 0 radical (unpaired) electrons. The second-order valence-corrected chi connectivity index (χ2v) is 6.89. The van der Waals surface area contributed by atoms with Gasteiger partial charge in [-0.2, -0.15) is 11.8 Å². The lowest BCUT2D eigenvalue weighted by Gasteiger charge is -2.12. The number of hydrogen-bond donors (Lipinski definition) is 1. The maximum absolute atomic E-state index is 9.80. The van der Waals surface area contributed by atoms with Crippen LogP contribution < -0.4 is 0 Å². The van der Waals surface area contributed by atoms with Crippen molar-refractivity contribution in [1.82, 2.24) is 0 Å². The van der Waals surface area contributed by atoms with Crippen LogP contribution in [0.5, 0.6) is 0 Å². The maximum atomic E-state index is 9.80. The van der Waals surface area contributed by atoms with Gasteiger partial charge in [-0.1, -0.05) is 25.4 Å². The highest BCUT2D eigenvalue weighted by Crippen LogP contribution is 2.24. The van der Waals surface area contributed by atoms with E-state index in [1.165, 1.54) is 0 Å². The monoisotopic (exact) mass is 264 g/mol. The number of halogens is 1. The van der Waals surface area contributed by atoms with E-state index in [0.29, 0.717) is 5.25 Å². The van der Waals surface area contributed by atoms with Crippen molar-refractivity contribution in [2.75, 3.05) is 5.75 Å². The highest BCUT2D eigenvalue weighted by molar-refractivity contribution is 7.99. The van der Waals surface area contributed by atoms with Crippen LogP contribution in [0.1, 0.15) is 25.1 Å². The Labute approximate surface area is 105 Å². The van der Waals surface area contributed by atoms with Crippen LogP contribution in [-0.4, -0.2) is 22.2 Å². The molecule has 0 aromatic carbocycles. The SMILES string of the molecule is CCC(C)SCC(O)Cc1ccc(Cl)s1. The third-order valence-corrected chi connectivity index (χ3v) is 4.95. The zero-order chi connectivity index (χ0) is 11.3. The molecule has 1 N–H and O–H groups in total. The second-order valence-electron chi connectivity index (χ2n) is 3.62. The first-order valence-electron chi connectivity index (χ1n) is 5.15. The van der Waals surface area contributed by atoms with Crippen LogP contribution in [0, 0.1) is 0 Å². The minimum atomic E-state index is -0.251. The molecule has 1 aromatic heterocycles. The third-order valence-electron chi connectivity index (χ3n) is 2.21. The average molecular weight is 265 g/mol. The predicted octanol–water partition coefficient (Wildman–Crippen LogP) is 3.84. The number of aliphatic hydroxyl groups excluding tert-OH is 1. The smallest absolute Gasteiger partial charge is 0.0931 e. The third kappa shape index (κ3) is 5.25. The van der Waals surface area contributed by atoms with E-state index in [1.807, 2.05) is 23.9 Å². The van der Waals surface area contributed by atoms with Crippen molar-refractivity contribution in [2.45, 2.75) is 38.0 Å². The summed E-state index contributed by atoms with van der Waals surface area (Å²) in [7, 11) is 0. The molecule has 0 aliphatic heterocycles. The summed E-state index contributed by atoms with van der Waals surface area (Å²) in [6.07, 6.45) is 1.63. The van der Waals surface area contributed by atoms with Gasteiger partial charge in [0, 0.05) is 22.3 Å². The molecule has 0 aliphatic rings. The van der Waals surface area contributed by atoms with Crippen LogP contribution in [0.4, 0.5) is 0 Å². The van der Waals surface area contributed by atoms with Gasteiger partial charge >= 0.3 is 0 Å². The highest BCUT2D eigenvalue weighted by Gasteiger charge is 2.09. The van der Waals surface area contributed by atoms with Crippen molar-refractivity contribution in [3.8, 4) is 0 Å². The van der Waals surface area contributed by atoms with Crippen LogP contribution in [0.3, 0.4) is 0 Å². The number of aliphatic hydroxyl groups is 1. The number of hydrogen-bond acceptors (Lipinski definition) is 3. The quantitative estimate of drug-likeness (QED) is 0.843. The zero-order valence-electron chi connectivity index (χ0n) is 9.07. The molecule has 1 aromatic rings. The Morgan fingerprint density at radius 1 is 1.53 bits per heavy atom. The van der Waals surface area contributed by atoms with E-state index in [2.05, 4.69) is 13.8 Å². The molecule has 1 nitrogen and oxygen atoms in total. The van der Waals surface area contributed by atoms with E-state index < -0.39 is 0 Å². The summed E-state index contributed by atoms with van der Waals surface area (Å²) in [5.74, 6) is 0.810. The van der Waals surface area contributed by atoms with Gasteiger partial charge in [0.15, 0.2) is 0 Å². The van der Waals surface area contributed by atoms with Crippen LogP contribution in [0.2, 0.25) is 4.34 Å². The van der Waals surface area contributed by atoms with Gasteiger partial charge in [0.05, 0.1) is 10.4 Å². The van der Waals surface area contributed by atoms with Crippen LogP contribution in [0.25, 0.3) is 0 Å². The Morgan fingerprint density at radius 2 is 2.27 bits per heavy atom. The molecular formula is C11H17ClOS2. The molecule has 0 amide bonds. The fourth-order valence-corrected chi connectivity index (χ4v) is 3.21. The molecule has 4 heteroatoms. The van der Waals surface area contributed by atoms with Gasteiger partial charge < -0.3 is 5.11 Å². The normalized spacial score (nSPS) is 15.2. The van der Waals surface area contributed by atoms with E-state index in [-0.39, 0.29) is 6.10 Å². The van der Waals surface area contributed by atoms with Crippen molar-refractivity contribution in [3.63, 3.8) is 0 Å². The number of thiophene rings is 1. The molecule has 0 spiro atoms. The van der Waals surface area contributed by atoms with Crippen LogP contribution in [0.15, 0.2) is 12.1 Å². The minimum Gasteiger partial charge on any atom is -0.392 e. The number of rotatable bonds is 6. The van der Waals surface area contributed by atoms with Gasteiger partial charge in [-0.25, -0.2) is 0 Å². The van der Waals surface area contributed by atoms with E-state index in [9.17, 15) is 5.11 Å². The Kier molecular flexibility index (Phi) is 6.05. The fourth-order valence-electron chi connectivity index (χ4n) is 1.15. The van der Waals surface area contributed by atoms with E-state index in [0.717, 1.165) is 27.8 Å². The van der Waals surface area contributed by atoms with Gasteiger partial charge in [-0.05, 0) is 18.6 Å². The first kappa shape index (κ1) is 13.4. The molecule has 2 atom stereocenters. The maximum Gasteiger partial charge on any atom is 0.0931 e. The van der Waals surface area contributed by atoms with Gasteiger partial charge in [0.25, 0.3) is 0 Å². The molecule has 1 heterocycles. The predicted molar refractivity (Wildman–Crippen MR) is 71.3 cm³/mol.